The predicted molar refractivity (Wildman–Crippen MR) is 133 cm³/mol. The summed E-state index contributed by atoms with van der Waals surface area (Å²) in [6, 6.07) is 27.5. The van der Waals surface area contributed by atoms with E-state index in [-0.39, 0.29) is 12.0 Å². The van der Waals surface area contributed by atoms with Gasteiger partial charge in [0.2, 0.25) is 0 Å². The van der Waals surface area contributed by atoms with Crippen LogP contribution >= 0.6 is 11.8 Å². The fraction of sp³-hybridized carbons (Fsp3) is 0.231. The van der Waals surface area contributed by atoms with Crippen molar-refractivity contribution in [2.45, 2.75) is 30.1 Å². The molecule has 174 valence electrons. The molecule has 0 aliphatic carbocycles. The molecule has 1 atom stereocenters. The van der Waals surface area contributed by atoms with Crippen molar-refractivity contribution in [3.63, 3.8) is 0 Å². The summed E-state index contributed by atoms with van der Waals surface area (Å²) in [5.41, 5.74) is 2.69. The lowest BCUT2D eigenvalue weighted by molar-refractivity contribution is 0.0634. The fourth-order valence-corrected chi connectivity index (χ4v) is 4.39. The predicted octanol–water partition coefficient (Wildman–Crippen LogP) is 4.85. The maximum atomic E-state index is 12.8. The standard InChI is InChI=1S/C26H27N5O2S/c1-20(21-11-4-2-5-12-21)33-18-10-17-27-26(32)23-15-8-9-16-24(23)34-19-25-28-29-30-31(25)22-13-6-3-7-14-22/h2-9,11-16,20H,10,17-19H2,1H3,(H,27,32). The maximum Gasteiger partial charge on any atom is 0.252 e. The fourth-order valence-electron chi connectivity index (χ4n) is 3.44. The highest BCUT2D eigenvalue weighted by molar-refractivity contribution is 7.98. The van der Waals surface area contributed by atoms with Crippen LogP contribution in [0.1, 0.15) is 41.2 Å². The summed E-state index contributed by atoms with van der Waals surface area (Å²) in [4.78, 5) is 13.7. The van der Waals surface area contributed by atoms with Crippen LogP contribution in [0.3, 0.4) is 0 Å². The van der Waals surface area contributed by atoms with Crippen LogP contribution in [0.15, 0.2) is 89.8 Å². The third kappa shape index (κ3) is 6.30. The molecule has 1 heterocycles. The van der Waals surface area contributed by atoms with Gasteiger partial charge in [-0.05, 0) is 53.6 Å². The molecule has 0 aliphatic heterocycles. The number of tetrazole rings is 1. The van der Waals surface area contributed by atoms with Crippen LogP contribution in [0.4, 0.5) is 0 Å². The molecule has 34 heavy (non-hydrogen) atoms. The Morgan fingerprint density at radius 1 is 1.00 bits per heavy atom. The number of hydrogen-bond acceptors (Lipinski definition) is 6. The summed E-state index contributed by atoms with van der Waals surface area (Å²) in [6.45, 7) is 3.16. The van der Waals surface area contributed by atoms with E-state index in [0.29, 0.717) is 24.5 Å². The average Bonchev–Trinajstić information content (AvgIpc) is 3.37. The molecule has 0 saturated carbocycles. The summed E-state index contributed by atoms with van der Waals surface area (Å²) in [6.07, 6.45) is 0.769. The zero-order chi connectivity index (χ0) is 23.6. The smallest absolute Gasteiger partial charge is 0.252 e. The molecule has 0 fully saturated rings. The van der Waals surface area contributed by atoms with Gasteiger partial charge in [0, 0.05) is 18.0 Å². The van der Waals surface area contributed by atoms with Crippen molar-refractivity contribution >= 4 is 17.7 Å². The van der Waals surface area contributed by atoms with Gasteiger partial charge in [0.25, 0.3) is 5.91 Å². The van der Waals surface area contributed by atoms with Crippen molar-refractivity contribution in [3.05, 3.63) is 102 Å². The maximum absolute atomic E-state index is 12.8. The number of carbonyl (C=O) groups is 1. The number of benzene rings is 3. The van der Waals surface area contributed by atoms with Crippen molar-refractivity contribution in [2.24, 2.45) is 0 Å². The second-order valence-corrected chi connectivity index (χ2v) is 8.68. The highest BCUT2D eigenvalue weighted by atomic mass is 32.2. The third-order valence-electron chi connectivity index (χ3n) is 5.27. The Morgan fingerprint density at radius 2 is 1.71 bits per heavy atom. The molecule has 4 aromatic rings. The van der Waals surface area contributed by atoms with Crippen molar-refractivity contribution in [3.8, 4) is 5.69 Å². The minimum Gasteiger partial charge on any atom is -0.374 e. The first-order valence-corrected chi connectivity index (χ1v) is 12.2. The summed E-state index contributed by atoms with van der Waals surface area (Å²) < 4.78 is 7.60. The minimum absolute atomic E-state index is 0.0291. The molecular formula is C26H27N5O2S. The van der Waals surface area contributed by atoms with Gasteiger partial charge in [0.1, 0.15) is 0 Å². The zero-order valence-electron chi connectivity index (χ0n) is 19.0. The highest BCUT2D eigenvalue weighted by Crippen LogP contribution is 2.26. The number of amides is 1. The number of aromatic nitrogens is 4. The number of thioether (sulfide) groups is 1. The van der Waals surface area contributed by atoms with Crippen LogP contribution in [0, 0.1) is 0 Å². The van der Waals surface area contributed by atoms with Gasteiger partial charge in [-0.15, -0.1) is 16.9 Å². The Balaban J connectivity index is 1.28. The van der Waals surface area contributed by atoms with Gasteiger partial charge >= 0.3 is 0 Å². The molecule has 0 aliphatic rings. The Hall–Kier alpha value is -3.49. The van der Waals surface area contributed by atoms with Crippen molar-refractivity contribution in [2.75, 3.05) is 13.2 Å². The van der Waals surface area contributed by atoms with E-state index in [1.807, 2.05) is 79.7 Å². The van der Waals surface area contributed by atoms with Gasteiger partial charge in [-0.2, -0.15) is 4.68 Å². The van der Waals surface area contributed by atoms with E-state index in [0.717, 1.165) is 28.4 Å². The SMILES string of the molecule is CC(OCCCNC(=O)c1ccccc1SCc1nnnn1-c1ccccc1)c1ccccc1. The van der Waals surface area contributed by atoms with Gasteiger partial charge in [-0.3, -0.25) is 4.79 Å². The largest absolute Gasteiger partial charge is 0.374 e. The topological polar surface area (TPSA) is 81.9 Å². The van der Waals surface area contributed by atoms with Gasteiger partial charge in [-0.25, -0.2) is 0 Å². The molecule has 0 spiro atoms. The monoisotopic (exact) mass is 473 g/mol. The summed E-state index contributed by atoms with van der Waals surface area (Å²) in [5.74, 6) is 1.16. The van der Waals surface area contributed by atoms with Crippen LogP contribution in [-0.2, 0) is 10.5 Å². The number of ether oxygens (including phenoxy) is 1. The molecule has 1 N–H and O–H groups in total. The molecule has 3 aromatic carbocycles. The average molecular weight is 474 g/mol. The second-order valence-electron chi connectivity index (χ2n) is 7.66. The van der Waals surface area contributed by atoms with E-state index in [1.54, 1.807) is 4.68 Å². The first-order chi connectivity index (χ1) is 16.7. The van der Waals surface area contributed by atoms with Crippen LogP contribution in [0.5, 0.6) is 0 Å². The Bertz CT molecular complexity index is 1180. The van der Waals surface area contributed by atoms with E-state index in [2.05, 4.69) is 33.0 Å². The molecule has 4 rings (SSSR count). The molecule has 1 amide bonds. The van der Waals surface area contributed by atoms with Gasteiger partial charge in [0.15, 0.2) is 5.82 Å². The van der Waals surface area contributed by atoms with E-state index in [4.69, 9.17) is 4.74 Å². The van der Waals surface area contributed by atoms with Crippen molar-refractivity contribution in [1.29, 1.82) is 0 Å². The van der Waals surface area contributed by atoms with Gasteiger partial charge in [0.05, 0.1) is 23.1 Å². The lowest BCUT2D eigenvalue weighted by atomic mass is 10.1. The lowest BCUT2D eigenvalue weighted by Gasteiger charge is -2.14. The van der Waals surface area contributed by atoms with Crippen LogP contribution in [0.2, 0.25) is 0 Å². The number of nitrogens with zero attached hydrogens (tertiary/aromatic N) is 4. The molecule has 7 nitrogen and oxygen atoms in total. The Labute approximate surface area is 203 Å². The van der Waals surface area contributed by atoms with Crippen LogP contribution < -0.4 is 5.32 Å². The number of hydrogen-bond donors (Lipinski definition) is 1. The first-order valence-electron chi connectivity index (χ1n) is 11.2. The molecule has 0 bridgehead atoms. The highest BCUT2D eigenvalue weighted by Gasteiger charge is 2.14. The molecule has 0 radical (unpaired) electrons. The molecule has 1 aromatic heterocycles. The number of rotatable bonds is 11. The number of carbonyl (C=O) groups excluding carboxylic acids is 1. The second kappa shape index (κ2) is 12.1. The quantitative estimate of drug-likeness (QED) is 0.248. The van der Waals surface area contributed by atoms with E-state index >= 15 is 0 Å². The minimum atomic E-state index is -0.0955. The van der Waals surface area contributed by atoms with Gasteiger partial charge < -0.3 is 10.1 Å². The number of para-hydroxylation sites is 1. The Kier molecular flexibility index (Phi) is 8.43. The molecule has 1 unspecified atom stereocenters. The third-order valence-corrected chi connectivity index (χ3v) is 6.34. The van der Waals surface area contributed by atoms with Crippen molar-refractivity contribution < 1.29 is 9.53 Å². The lowest BCUT2D eigenvalue weighted by Crippen LogP contribution is -2.25. The van der Waals surface area contributed by atoms with E-state index in [1.165, 1.54) is 11.8 Å². The summed E-state index contributed by atoms with van der Waals surface area (Å²) >= 11 is 1.54. The summed E-state index contributed by atoms with van der Waals surface area (Å²) in [7, 11) is 0. The molecule has 0 saturated heterocycles. The summed E-state index contributed by atoms with van der Waals surface area (Å²) in [5, 5.41) is 15.1. The van der Waals surface area contributed by atoms with E-state index < -0.39 is 0 Å². The first kappa shape index (κ1) is 23.7. The van der Waals surface area contributed by atoms with Crippen molar-refractivity contribution in [1.82, 2.24) is 25.5 Å². The molecule has 8 heteroatoms. The van der Waals surface area contributed by atoms with E-state index in [9.17, 15) is 4.79 Å². The number of nitrogens with one attached hydrogen (secondary N) is 1. The normalized spacial score (nSPS) is 11.8. The molecular weight excluding hydrogens is 446 g/mol. The Morgan fingerprint density at radius 3 is 2.50 bits per heavy atom. The van der Waals surface area contributed by atoms with Crippen LogP contribution in [-0.4, -0.2) is 39.3 Å². The van der Waals surface area contributed by atoms with Gasteiger partial charge in [-0.1, -0.05) is 60.7 Å². The van der Waals surface area contributed by atoms with Crippen LogP contribution in [0.25, 0.3) is 5.69 Å². The zero-order valence-corrected chi connectivity index (χ0v) is 19.8.